The van der Waals surface area contributed by atoms with Crippen molar-refractivity contribution < 1.29 is 28.7 Å². The number of nitrogens with zero attached hydrogens (tertiary/aromatic N) is 4. The van der Waals surface area contributed by atoms with E-state index >= 15 is 0 Å². The Balaban J connectivity index is 1.92. The van der Waals surface area contributed by atoms with Gasteiger partial charge in [-0.2, -0.15) is 0 Å². The molecule has 0 aromatic heterocycles. The lowest BCUT2D eigenvalue weighted by Crippen LogP contribution is -2.64. The Hall–Kier alpha value is -3.03. The molecule has 0 atom stereocenters. The van der Waals surface area contributed by atoms with Crippen LogP contribution < -0.4 is 5.32 Å². The normalized spacial score (nSPS) is 12.6. The van der Waals surface area contributed by atoms with Gasteiger partial charge in [-0.1, -0.05) is 32.1 Å². The molecule has 1 N–H and O–H groups in total. The van der Waals surface area contributed by atoms with Gasteiger partial charge < -0.3 is 10.1 Å². The van der Waals surface area contributed by atoms with Gasteiger partial charge in [0, 0.05) is 19.6 Å². The molecule has 11 nitrogen and oxygen atoms in total. The summed E-state index contributed by atoms with van der Waals surface area (Å²) in [5.41, 5.74) is 0. The van der Waals surface area contributed by atoms with Gasteiger partial charge in [0.15, 0.2) is 0 Å². The molecule has 0 radical (unpaired) electrons. The second kappa shape index (κ2) is 19.4. The molecular formula is C23H37N5O6. The molecule has 1 aliphatic rings. The molecule has 1 saturated heterocycles. The van der Waals surface area contributed by atoms with E-state index < -0.39 is 6.09 Å². The summed E-state index contributed by atoms with van der Waals surface area (Å²) in [6.07, 6.45) is 12.7. The molecule has 5 amide bonds. The number of alkyl carbamates (subject to hydrolysis) is 1. The number of ether oxygens (including phenoxy) is 1. The second-order valence-corrected chi connectivity index (χ2v) is 8.12. The van der Waals surface area contributed by atoms with Crippen LogP contribution in [0.2, 0.25) is 0 Å². The number of aliphatic imine (C=N–C) groups is 2. The highest BCUT2D eigenvalue weighted by atomic mass is 16.5. The van der Waals surface area contributed by atoms with Crippen molar-refractivity contribution in [3.05, 3.63) is 0 Å². The summed E-state index contributed by atoms with van der Waals surface area (Å²) in [6, 6.07) is -0.463. The third kappa shape index (κ3) is 12.9. The van der Waals surface area contributed by atoms with Gasteiger partial charge in [-0.25, -0.2) is 43.8 Å². The summed E-state index contributed by atoms with van der Waals surface area (Å²) in [4.78, 5) is 65.2. The maximum atomic E-state index is 12.1. The molecule has 0 bridgehead atoms. The number of rotatable bonds is 21. The second-order valence-electron chi connectivity index (χ2n) is 8.12. The first-order chi connectivity index (χ1) is 16.6. The largest absolute Gasteiger partial charge is 0.450 e. The highest BCUT2D eigenvalue weighted by Gasteiger charge is 2.42. The molecular weight excluding hydrogens is 442 g/mol. The van der Waals surface area contributed by atoms with Crippen LogP contribution in [0.15, 0.2) is 9.98 Å². The van der Waals surface area contributed by atoms with Gasteiger partial charge in [0.1, 0.15) is 0 Å². The average Bonchev–Trinajstić information content (AvgIpc) is 2.84. The Morgan fingerprint density at radius 3 is 1.71 bits per heavy atom. The maximum absolute atomic E-state index is 12.1. The summed E-state index contributed by atoms with van der Waals surface area (Å²) in [7, 11) is 0. The minimum atomic E-state index is -0.420. The van der Waals surface area contributed by atoms with E-state index in [9.17, 15) is 24.0 Å². The highest BCUT2D eigenvalue weighted by molar-refractivity contribution is 6.11. The Kier molecular flexibility index (Phi) is 16.6. The van der Waals surface area contributed by atoms with Crippen molar-refractivity contribution in [2.75, 3.05) is 39.3 Å². The lowest BCUT2D eigenvalue weighted by atomic mass is 10.1. The predicted molar refractivity (Wildman–Crippen MR) is 125 cm³/mol. The molecule has 0 aromatic rings. The third-order valence-electron chi connectivity index (χ3n) is 5.43. The summed E-state index contributed by atoms with van der Waals surface area (Å²) >= 11 is 0. The van der Waals surface area contributed by atoms with Crippen molar-refractivity contribution in [1.29, 1.82) is 0 Å². The number of hydrogen-bond donors (Lipinski definition) is 1. The molecule has 1 aliphatic heterocycles. The van der Waals surface area contributed by atoms with Gasteiger partial charge in [-0.15, -0.1) is 0 Å². The Morgan fingerprint density at radius 1 is 0.706 bits per heavy atom. The number of isocyanates is 2. The number of urea groups is 2. The van der Waals surface area contributed by atoms with Gasteiger partial charge in [0.05, 0.1) is 19.7 Å². The fourth-order valence-electron chi connectivity index (χ4n) is 3.50. The van der Waals surface area contributed by atoms with Crippen LogP contribution in [0.25, 0.3) is 0 Å². The van der Waals surface area contributed by atoms with Crippen LogP contribution >= 0.6 is 0 Å². The summed E-state index contributed by atoms with van der Waals surface area (Å²) in [5.74, 6) is 0. The van der Waals surface area contributed by atoms with E-state index in [1.54, 1.807) is 0 Å². The fraction of sp³-hybridized carbons (Fsp3) is 0.783. The van der Waals surface area contributed by atoms with E-state index in [1.807, 2.05) is 0 Å². The summed E-state index contributed by atoms with van der Waals surface area (Å²) in [5, 5.41) is 2.71. The van der Waals surface area contributed by atoms with E-state index in [-0.39, 0.29) is 12.1 Å². The van der Waals surface area contributed by atoms with Crippen LogP contribution in [0, 0.1) is 0 Å². The topological polar surface area (TPSA) is 138 Å². The fourth-order valence-corrected chi connectivity index (χ4v) is 3.50. The number of unbranched alkanes of at least 4 members (excludes halogenated alkanes) is 9. The van der Waals surface area contributed by atoms with E-state index in [0.29, 0.717) is 39.3 Å². The lowest BCUT2D eigenvalue weighted by Gasteiger charge is -2.39. The molecule has 0 saturated carbocycles. The number of hydrogen-bond acceptors (Lipinski definition) is 8. The quantitative estimate of drug-likeness (QED) is 0.150. The average molecular weight is 480 g/mol. The minimum Gasteiger partial charge on any atom is -0.450 e. The van der Waals surface area contributed by atoms with Crippen molar-refractivity contribution in [3.63, 3.8) is 0 Å². The van der Waals surface area contributed by atoms with Crippen molar-refractivity contribution in [1.82, 2.24) is 15.1 Å². The van der Waals surface area contributed by atoms with Crippen LogP contribution in [-0.4, -0.2) is 79.4 Å². The standard InChI is InChI=1S/C23H37N5O6/c29-19-24-13-7-1-2-9-15-26-21(31)34-18-12-6-5-11-17-28-22(32)27(23(28)33)16-10-4-3-8-14-25-20-30/h1-18H2,(H,26,31). The molecule has 0 aromatic carbocycles. The first-order valence-corrected chi connectivity index (χ1v) is 12.2. The molecule has 1 heterocycles. The number of carbonyl (C=O) groups excluding carboxylic acids is 5. The van der Waals surface area contributed by atoms with Crippen molar-refractivity contribution in [3.8, 4) is 0 Å². The van der Waals surface area contributed by atoms with Crippen molar-refractivity contribution in [2.45, 2.75) is 77.0 Å². The molecule has 0 spiro atoms. The van der Waals surface area contributed by atoms with Crippen LogP contribution in [0.4, 0.5) is 14.4 Å². The Bertz CT molecular complexity index is 703. The number of amides is 5. The molecule has 0 aliphatic carbocycles. The monoisotopic (exact) mass is 479 g/mol. The lowest BCUT2D eigenvalue weighted by molar-refractivity contribution is 0.103. The first kappa shape index (κ1) is 29.0. The highest BCUT2D eigenvalue weighted by Crippen LogP contribution is 2.18. The first-order valence-electron chi connectivity index (χ1n) is 12.2. The molecule has 11 heteroatoms. The Morgan fingerprint density at radius 2 is 1.18 bits per heavy atom. The van der Waals surface area contributed by atoms with E-state index in [2.05, 4.69) is 15.3 Å². The van der Waals surface area contributed by atoms with Crippen LogP contribution in [0.5, 0.6) is 0 Å². The zero-order valence-electron chi connectivity index (χ0n) is 20.0. The third-order valence-corrected chi connectivity index (χ3v) is 5.43. The molecule has 190 valence electrons. The van der Waals surface area contributed by atoms with Crippen LogP contribution in [-0.2, 0) is 14.3 Å². The number of imide groups is 2. The molecule has 1 rings (SSSR count). The van der Waals surface area contributed by atoms with Crippen LogP contribution in [0.1, 0.15) is 77.0 Å². The zero-order valence-corrected chi connectivity index (χ0v) is 20.0. The van der Waals surface area contributed by atoms with Gasteiger partial charge >= 0.3 is 18.2 Å². The van der Waals surface area contributed by atoms with Crippen molar-refractivity contribution in [2.24, 2.45) is 9.98 Å². The van der Waals surface area contributed by atoms with Gasteiger partial charge in [-0.3, -0.25) is 0 Å². The maximum Gasteiger partial charge on any atom is 0.407 e. The van der Waals surface area contributed by atoms with Gasteiger partial charge in [0.25, 0.3) is 0 Å². The van der Waals surface area contributed by atoms with Crippen molar-refractivity contribution >= 4 is 30.3 Å². The smallest absolute Gasteiger partial charge is 0.407 e. The van der Waals surface area contributed by atoms with E-state index in [1.165, 1.54) is 22.0 Å². The van der Waals surface area contributed by atoms with E-state index in [0.717, 1.165) is 77.0 Å². The number of carbonyl (C=O) groups is 3. The minimum absolute atomic E-state index is 0.231. The van der Waals surface area contributed by atoms with E-state index in [4.69, 9.17) is 4.74 Å². The zero-order chi connectivity index (χ0) is 24.9. The van der Waals surface area contributed by atoms with Gasteiger partial charge in [0.2, 0.25) is 12.2 Å². The van der Waals surface area contributed by atoms with Gasteiger partial charge in [-0.05, 0) is 44.9 Å². The Labute approximate surface area is 201 Å². The molecule has 0 unspecified atom stereocenters. The predicted octanol–water partition coefficient (Wildman–Crippen LogP) is 3.92. The summed E-state index contributed by atoms with van der Waals surface area (Å²) < 4.78 is 5.13. The molecule has 34 heavy (non-hydrogen) atoms. The SMILES string of the molecule is O=C=NCCCCCCNC(=O)OCCCCCCN1C(=O)N(CCCCCCN=C=O)C1=O. The van der Waals surface area contributed by atoms with Crippen LogP contribution in [0.3, 0.4) is 0 Å². The molecule has 1 fully saturated rings. The summed E-state index contributed by atoms with van der Waals surface area (Å²) in [6.45, 7) is 2.72. The number of nitrogens with one attached hydrogen (secondary N) is 1.